The molecule has 3 atom stereocenters. The van der Waals surface area contributed by atoms with Crippen molar-refractivity contribution in [3.63, 3.8) is 0 Å². The lowest BCUT2D eigenvalue weighted by atomic mass is 9.91. The van der Waals surface area contributed by atoms with Crippen LogP contribution in [0.15, 0.2) is 60.7 Å². The molecule has 0 bridgehead atoms. The first-order chi connectivity index (χ1) is 13.1. The predicted molar refractivity (Wildman–Crippen MR) is 104 cm³/mol. The topological polar surface area (TPSA) is 44.8 Å². The lowest BCUT2D eigenvalue weighted by Crippen LogP contribution is -2.33. The van der Waals surface area contributed by atoms with Gasteiger partial charge in [0.25, 0.3) is 0 Å². The van der Waals surface area contributed by atoms with Crippen LogP contribution in [0.25, 0.3) is 0 Å². The first-order valence-corrected chi connectivity index (χ1v) is 9.61. The molecule has 0 N–H and O–H groups in total. The molecule has 0 aliphatic carbocycles. The van der Waals surface area contributed by atoms with Gasteiger partial charge in [0.05, 0.1) is 25.7 Å². The van der Waals surface area contributed by atoms with E-state index in [0.29, 0.717) is 26.2 Å². The van der Waals surface area contributed by atoms with E-state index in [1.807, 2.05) is 60.7 Å². The molecule has 1 saturated heterocycles. The van der Waals surface area contributed by atoms with Gasteiger partial charge in [-0.15, -0.1) is 0 Å². The van der Waals surface area contributed by atoms with Crippen LogP contribution in [0.1, 0.15) is 31.4 Å². The highest BCUT2D eigenvalue weighted by atomic mass is 16.6. The Hall–Kier alpha value is -2.17. The van der Waals surface area contributed by atoms with Gasteiger partial charge in [0.1, 0.15) is 12.2 Å². The number of carbonyl (C=O) groups is 1. The van der Waals surface area contributed by atoms with Gasteiger partial charge in [-0.1, -0.05) is 74.5 Å². The Bertz CT molecular complexity index is 699. The Morgan fingerprint density at radius 2 is 1.56 bits per heavy atom. The molecule has 27 heavy (non-hydrogen) atoms. The minimum absolute atomic E-state index is 0.0630. The van der Waals surface area contributed by atoms with Gasteiger partial charge >= 0.3 is 5.97 Å². The van der Waals surface area contributed by atoms with Crippen LogP contribution >= 0.6 is 0 Å². The second-order valence-electron chi connectivity index (χ2n) is 7.40. The van der Waals surface area contributed by atoms with E-state index >= 15 is 0 Å². The molecule has 0 aromatic heterocycles. The Kier molecular flexibility index (Phi) is 7.02. The fraction of sp³-hybridized carbons (Fsp3) is 0.435. The second kappa shape index (κ2) is 9.67. The van der Waals surface area contributed by atoms with Gasteiger partial charge in [0, 0.05) is 6.42 Å². The average molecular weight is 368 g/mol. The molecule has 4 nitrogen and oxygen atoms in total. The van der Waals surface area contributed by atoms with Gasteiger partial charge < -0.3 is 14.2 Å². The van der Waals surface area contributed by atoms with Gasteiger partial charge in [-0.3, -0.25) is 4.79 Å². The van der Waals surface area contributed by atoms with Crippen molar-refractivity contribution in [3.8, 4) is 0 Å². The fourth-order valence-corrected chi connectivity index (χ4v) is 3.31. The number of benzene rings is 2. The van der Waals surface area contributed by atoms with E-state index in [2.05, 4.69) is 13.8 Å². The quantitative estimate of drug-likeness (QED) is 0.616. The van der Waals surface area contributed by atoms with E-state index in [9.17, 15) is 4.79 Å². The molecule has 4 heteroatoms. The van der Waals surface area contributed by atoms with E-state index in [0.717, 1.165) is 11.1 Å². The van der Waals surface area contributed by atoms with Crippen molar-refractivity contribution < 1.29 is 19.0 Å². The number of ether oxygens (including phenoxy) is 3. The van der Waals surface area contributed by atoms with Crippen molar-refractivity contribution in [2.45, 2.75) is 45.7 Å². The molecule has 0 radical (unpaired) electrons. The van der Waals surface area contributed by atoms with E-state index in [1.165, 1.54) is 0 Å². The molecular weight excluding hydrogens is 340 g/mol. The van der Waals surface area contributed by atoms with E-state index in [-0.39, 0.29) is 30.0 Å². The zero-order chi connectivity index (χ0) is 19.1. The van der Waals surface area contributed by atoms with Crippen LogP contribution < -0.4 is 0 Å². The maximum absolute atomic E-state index is 12.2. The van der Waals surface area contributed by atoms with E-state index in [4.69, 9.17) is 14.2 Å². The number of cyclic esters (lactones) is 1. The normalized spacial score (nSPS) is 20.6. The van der Waals surface area contributed by atoms with Crippen LogP contribution in [0.4, 0.5) is 0 Å². The predicted octanol–water partition coefficient (Wildman–Crippen LogP) is 4.38. The van der Waals surface area contributed by atoms with Crippen LogP contribution in [-0.4, -0.2) is 24.8 Å². The maximum Gasteiger partial charge on any atom is 0.309 e. The van der Waals surface area contributed by atoms with Crippen molar-refractivity contribution in [2.24, 2.45) is 11.8 Å². The number of hydrogen-bond acceptors (Lipinski definition) is 4. The molecule has 144 valence electrons. The standard InChI is InChI=1S/C23H28O4/c1-17(2)20-13-21(27-23(20)24)22(26-15-19-11-7-4-8-12-19)16-25-14-18-9-5-3-6-10-18/h3-12,17,20-22H,13-16H2,1-2H3. The lowest BCUT2D eigenvalue weighted by molar-refractivity contribution is -0.153. The van der Waals surface area contributed by atoms with Gasteiger partial charge in [-0.05, 0) is 17.0 Å². The summed E-state index contributed by atoms with van der Waals surface area (Å²) in [5, 5.41) is 0. The number of esters is 1. The zero-order valence-corrected chi connectivity index (χ0v) is 16.0. The summed E-state index contributed by atoms with van der Waals surface area (Å²) >= 11 is 0. The summed E-state index contributed by atoms with van der Waals surface area (Å²) in [5.41, 5.74) is 2.21. The first kappa shape index (κ1) is 19.6. The highest BCUT2D eigenvalue weighted by Crippen LogP contribution is 2.30. The third-order valence-electron chi connectivity index (χ3n) is 4.98. The summed E-state index contributed by atoms with van der Waals surface area (Å²) in [6.07, 6.45) is 0.149. The summed E-state index contributed by atoms with van der Waals surface area (Å²) in [4.78, 5) is 12.2. The summed E-state index contributed by atoms with van der Waals surface area (Å²) in [6.45, 7) is 5.49. The molecule has 3 unspecified atom stereocenters. The minimum atomic E-state index is -0.276. The zero-order valence-electron chi connectivity index (χ0n) is 16.0. The van der Waals surface area contributed by atoms with Crippen LogP contribution in [0.5, 0.6) is 0 Å². The first-order valence-electron chi connectivity index (χ1n) is 9.61. The van der Waals surface area contributed by atoms with E-state index < -0.39 is 0 Å². The van der Waals surface area contributed by atoms with Crippen LogP contribution in [-0.2, 0) is 32.2 Å². The molecule has 1 aliphatic rings. The molecule has 0 amide bonds. The largest absolute Gasteiger partial charge is 0.459 e. The van der Waals surface area contributed by atoms with Gasteiger partial charge in [-0.25, -0.2) is 0 Å². The minimum Gasteiger partial charge on any atom is -0.459 e. The molecule has 1 fully saturated rings. The van der Waals surface area contributed by atoms with Gasteiger partial charge in [-0.2, -0.15) is 0 Å². The van der Waals surface area contributed by atoms with Crippen molar-refractivity contribution in [2.75, 3.05) is 6.61 Å². The monoisotopic (exact) mass is 368 g/mol. The Labute approximate surface area is 161 Å². The van der Waals surface area contributed by atoms with Crippen LogP contribution in [0.3, 0.4) is 0 Å². The molecular formula is C23H28O4. The molecule has 1 aliphatic heterocycles. The van der Waals surface area contributed by atoms with Crippen molar-refractivity contribution in [3.05, 3.63) is 71.8 Å². The van der Waals surface area contributed by atoms with Crippen LogP contribution in [0.2, 0.25) is 0 Å². The van der Waals surface area contributed by atoms with Crippen molar-refractivity contribution >= 4 is 5.97 Å². The molecule has 0 saturated carbocycles. The lowest BCUT2D eigenvalue weighted by Gasteiger charge is -2.23. The number of hydrogen-bond donors (Lipinski definition) is 0. The summed E-state index contributed by atoms with van der Waals surface area (Å²) in [6, 6.07) is 20.1. The highest BCUT2D eigenvalue weighted by molar-refractivity contribution is 5.75. The number of rotatable bonds is 9. The highest BCUT2D eigenvalue weighted by Gasteiger charge is 2.40. The van der Waals surface area contributed by atoms with Crippen molar-refractivity contribution in [1.29, 1.82) is 0 Å². The van der Waals surface area contributed by atoms with Crippen molar-refractivity contribution in [1.82, 2.24) is 0 Å². The van der Waals surface area contributed by atoms with Crippen LogP contribution in [0, 0.1) is 11.8 Å². The van der Waals surface area contributed by atoms with Gasteiger partial charge in [0.2, 0.25) is 0 Å². The average Bonchev–Trinajstić information content (AvgIpc) is 3.08. The summed E-state index contributed by atoms with van der Waals surface area (Å²) < 4.78 is 17.7. The molecule has 3 rings (SSSR count). The number of carbonyl (C=O) groups excluding carboxylic acids is 1. The molecule has 2 aromatic carbocycles. The Balaban J connectivity index is 1.60. The third kappa shape index (κ3) is 5.65. The van der Waals surface area contributed by atoms with Gasteiger partial charge in [0.15, 0.2) is 0 Å². The Morgan fingerprint density at radius 1 is 0.963 bits per heavy atom. The van der Waals surface area contributed by atoms with E-state index in [1.54, 1.807) is 0 Å². The third-order valence-corrected chi connectivity index (χ3v) is 4.98. The molecule has 2 aromatic rings. The second-order valence-corrected chi connectivity index (χ2v) is 7.40. The molecule has 1 heterocycles. The summed E-state index contributed by atoms with van der Waals surface area (Å²) in [7, 11) is 0. The Morgan fingerprint density at radius 3 is 2.11 bits per heavy atom. The maximum atomic E-state index is 12.2. The summed E-state index contributed by atoms with van der Waals surface area (Å²) in [5.74, 6) is 0.0841. The fourth-order valence-electron chi connectivity index (χ4n) is 3.31. The smallest absolute Gasteiger partial charge is 0.309 e. The molecule has 0 spiro atoms. The SMILES string of the molecule is CC(C)C1CC(C(COCc2ccccc2)OCc2ccccc2)OC1=O.